The normalized spacial score (nSPS) is 18.3. The number of nitrogens with zero attached hydrogens (tertiary/aromatic N) is 5. The molecule has 1 saturated carbocycles. The van der Waals surface area contributed by atoms with Gasteiger partial charge in [-0.25, -0.2) is 0 Å². The van der Waals surface area contributed by atoms with Crippen LogP contribution in [-0.4, -0.2) is 49.3 Å². The number of methoxy groups -OCH3 is 1. The summed E-state index contributed by atoms with van der Waals surface area (Å²) in [5, 5.41) is 22.5. The third kappa shape index (κ3) is 4.74. The van der Waals surface area contributed by atoms with Gasteiger partial charge in [-0.05, 0) is 37.8 Å². The fourth-order valence-electron chi connectivity index (χ4n) is 3.95. The van der Waals surface area contributed by atoms with Crippen molar-refractivity contribution in [1.82, 2.24) is 30.2 Å². The maximum atomic E-state index is 12.6. The lowest BCUT2D eigenvalue weighted by Gasteiger charge is -2.14. The number of aromatic nitrogens is 6. The zero-order chi connectivity index (χ0) is 21.8. The molecular weight excluding hydrogens is 398 g/mol. The minimum absolute atomic E-state index is 0.0852. The zero-order valence-electron chi connectivity index (χ0n) is 18.0. The van der Waals surface area contributed by atoms with Gasteiger partial charge in [-0.2, -0.15) is 15.3 Å². The van der Waals surface area contributed by atoms with Gasteiger partial charge in [0, 0.05) is 37.4 Å². The van der Waals surface area contributed by atoms with Gasteiger partial charge in [-0.3, -0.25) is 14.6 Å². The van der Waals surface area contributed by atoms with Crippen molar-refractivity contribution < 1.29 is 14.3 Å². The Labute approximate surface area is 180 Å². The molecule has 31 heavy (non-hydrogen) atoms. The van der Waals surface area contributed by atoms with Gasteiger partial charge >= 0.3 is 0 Å². The molecule has 3 aromatic heterocycles. The number of anilines is 1. The van der Waals surface area contributed by atoms with E-state index in [0.717, 1.165) is 36.9 Å². The first-order valence-corrected chi connectivity index (χ1v) is 10.4. The van der Waals surface area contributed by atoms with Crippen molar-refractivity contribution in [1.29, 1.82) is 0 Å². The summed E-state index contributed by atoms with van der Waals surface area (Å²) in [4.78, 5) is 12.6. The molecule has 10 heteroatoms. The standard InChI is InChI=1S/C21H27N7O3/c1-4-13-7-8-22-26-21(13)31-16-6-5-14(9-16)17-11-19(25-24-17)23-20(29)18-10-15(12-30-3)27-28(18)2/h7-8,10-11,14,16H,4-6,9,12H2,1-3H3,(H2,23,24,25,29)/t14-,16+/m1/s1. The summed E-state index contributed by atoms with van der Waals surface area (Å²) in [6, 6.07) is 5.54. The van der Waals surface area contributed by atoms with Gasteiger partial charge in [0.15, 0.2) is 5.82 Å². The van der Waals surface area contributed by atoms with Gasteiger partial charge in [-0.1, -0.05) is 6.92 Å². The Balaban J connectivity index is 1.36. The predicted octanol–water partition coefficient (Wildman–Crippen LogP) is 2.61. The Morgan fingerprint density at radius 2 is 2.23 bits per heavy atom. The fraction of sp³-hybridized carbons (Fsp3) is 0.476. The number of hydrogen-bond donors (Lipinski definition) is 2. The number of carbonyl (C=O) groups excluding carboxylic acids is 1. The summed E-state index contributed by atoms with van der Waals surface area (Å²) in [5.41, 5.74) is 3.20. The maximum Gasteiger partial charge on any atom is 0.275 e. The summed E-state index contributed by atoms with van der Waals surface area (Å²) in [5.74, 6) is 1.13. The number of hydrogen-bond acceptors (Lipinski definition) is 7. The number of amides is 1. The van der Waals surface area contributed by atoms with E-state index in [0.29, 0.717) is 29.7 Å². The highest BCUT2D eigenvalue weighted by molar-refractivity contribution is 6.02. The summed E-state index contributed by atoms with van der Waals surface area (Å²) < 4.78 is 12.7. The molecule has 0 spiro atoms. The largest absolute Gasteiger partial charge is 0.473 e. The van der Waals surface area contributed by atoms with Crippen LogP contribution in [0.3, 0.4) is 0 Å². The minimum atomic E-state index is -0.266. The van der Waals surface area contributed by atoms with Crippen LogP contribution in [0.15, 0.2) is 24.4 Å². The molecule has 2 atom stereocenters. The number of carbonyl (C=O) groups is 1. The van der Waals surface area contributed by atoms with E-state index in [1.54, 1.807) is 26.4 Å². The second-order valence-corrected chi connectivity index (χ2v) is 7.71. The lowest BCUT2D eigenvalue weighted by molar-refractivity contribution is 0.101. The Morgan fingerprint density at radius 3 is 3.03 bits per heavy atom. The Kier molecular flexibility index (Phi) is 6.26. The van der Waals surface area contributed by atoms with Gasteiger partial charge in [0.1, 0.15) is 11.8 Å². The molecule has 1 amide bonds. The molecule has 1 aliphatic carbocycles. The molecule has 1 fully saturated rings. The number of aryl methyl sites for hydroxylation is 2. The Morgan fingerprint density at radius 1 is 1.35 bits per heavy atom. The SMILES string of the molecule is CCc1ccnnc1O[C@H]1CC[C@@H](c2cc(NC(=O)c3cc(COC)nn3C)n[nH]2)C1. The molecule has 3 heterocycles. The summed E-state index contributed by atoms with van der Waals surface area (Å²) in [6.45, 7) is 2.43. The highest BCUT2D eigenvalue weighted by atomic mass is 16.5. The van der Waals surface area contributed by atoms with E-state index in [2.05, 4.69) is 37.7 Å². The Bertz CT molecular complexity index is 1050. The lowest BCUT2D eigenvalue weighted by atomic mass is 10.0. The van der Waals surface area contributed by atoms with Crippen LogP contribution in [0.4, 0.5) is 5.82 Å². The van der Waals surface area contributed by atoms with E-state index in [1.807, 2.05) is 12.1 Å². The minimum Gasteiger partial charge on any atom is -0.473 e. The van der Waals surface area contributed by atoms with Crippen LogP contribution in [-0.2, 0) is 24.8 Å². The fourth-order valence-corrected chi connectivity index (χ4v) is 3.95. The average molecular weight is 425 g/mol. The second-order valence-electron chi connectivity index (χ2n) is 7.71. The Hall–Kier alpha value is -3.27. The average Bonchev–Trinajstić information content (AvgIpc) is 3.49. The lowest BCUT2D eigenvalue weighted by Crippen LogP contribution is -2.16. The monoisotopic (exact) mass is 425 g/mol. The topological polar surface area (TPSA) is 120 Å². The van der Waals surface area contributed by atoms with Crippen molar-refractivity contribution in [2.24, 2.45) is 7.05 Å². The summed E-state index contributed by atoms with van der Waals surface area (Å²) in [6.07, 6.45) is 5.40. The molecule has 3 aromatic rings. The maximum absolute atomic E-state index is 12.6. The second kappa shape index (κ2) is 9.25. The van der Waals surface area contributed by atoms with Gasteiger partial charge in [0.05, 0.1) is 18.5 Å². The predicted molar refractivity (Wildman–Crippen MR) is 113 cm³/mol. The first-order chi connectivity index (χ1) is 15.1. The van der Waals surface area contributed by atoms with Crippen molar-refractivity contribution in [2.75, 3.05) is 12.4 Å². The van der Waals surface area contributed by atoms with Gasteiger partial charge in [-0.15, -0.1) is 5.10 Å². The molecule has 1 aliphatic rings. The van der Waals surface area contributed by atoms with Crippen molar-refractivity contribution in [3.8, 4) is 5.88 Å². The molecule has 4 rings (SSSR count). The van der Waals surface area contributed by atoms with Gasteiger partial charge in [0.2, 0.25) is 5.88 Å². The summed E-state index contributed by atoms with van der Waals surface area (Å²) in [7, 11) is 3.32. The number of ether oxygens (including phenoxy) is 2. The molecular formula is C21H27N7O3. The highest BCUT2D eigenvalue weighted by Gasteiger charge is 2.29. The number of rotatable bonds is 8. The van der Waals surface area contributed by atoms with Crippen LogP contribution in [0, 0.1) is 0 Å². The van der Waals surface area contributed by atoms with Crippen LogP contribution in [0.25, 0.3) is 0 Å². The van der Waals surface area contributed by atoms with Crippen molar-refractivity contribution in [3.05, 3.63) is 47.0 Å². The van der Waals surface area contributed by atoms with E-state index >= 15 is 0 Å². The molecule has 164 valence electrons. The van der Waals surface area contributed by atoms with Crippen LogP contribution >= 0.6 is 0 Å². The van der Waals surface area contributed by atoms with Gasteiger partial charge < -0.3 is 14.8 Å². The van der Waals surface area contributed by atoms with E-state index in [1.165, 1.54) is 4.68 Å². The van der Waals surface area contributed by atoms with E-state index in [9.17, 15) is 4.79 Å². The van der Waals surface area contributed by atoms with E-state index in [-0.39, 0.29) is 17.9 Å². The molecule has 0 aromatic carbocycles. The van der Waals surface area contributed by atoms with E-state index < -0.39 is 0 Å². The smallest absolute Gasteiger partial charge is 0.275 e. The number of aromatic amines is 1. The molecule has 0 bridgehead atoms. The first-order valence-electron chi connectivity index (χ1n) is 10.4. The third-order valence-electron chi connectivity index (χ3n) is 5.54. The molecule has 2 N–H and O–H groups in total. The quantitative estimate of drug-likeness (QED) is 0.569. The van der Waals surface area contributed by atoms with Gasteiger partial charge in [0.25, 0.3) is 5.91 Å². The number of H-pyrrole nitrogens is 1. The van der Waals surface area contributed by atoms with Crippen LogP contribution in [0.2, 0.25) is 0 Å². The van der Waals surface area contributed by atoms with Crippen molar-refractivity contribution >= 4 is 11.7 Å². The first kappa shape index (κ1) is 21.0. The third-order valence-corrected chi connectivity index (χ3v) is 5.54. The van der Waals surface area contributed by atoms with E-state index in [4.69, 9.17) is 9.47 Å². The molecule has 0 unspecified atom stereocenters. The molecule has 0 radical (unpaired) electrons. The van der Waals surface area contributed by atoms with Crippen molar-refractivity contribution in [2.45, 2.75) is 51.2 Å². The van der Waals surface area contributed by atoms with Crippen LogP contribution in [0.1, 0.15) is 59.5 Å². The zero-order valence-corrected chi connectivity index (χ0v) is 18.0. The van der Waals surface area contributed by atoms with Crippen LogP contribution in [0.5, 0.6) is 5.88 Å². The molecule has 10 nitrogen and oxygen atoms in total. The highest BCUT2D eigenvalue weighted by Crippen LogP contribution is 2.36. The molecule has 0 aliphatic heterocycles. The summed E-state index contributed by atoms with van der Waals surface area (Å²) >= 11 is 0. The molecule has 0 saturated heterocycles. The van der Waals surface area contributed by atoms with Crippen molar-refractivity contribution in [3.63, 3.8) is 0 Å². The number of nitrogens with one attached hydrogen (secondary N) is 2. The van der Waals surface area contributed by atoms with Crippen LogP contribution < -0.4 is 10.1 Å².